The summed E-state index contributed by atoms with van der Waals surface area (Å²) in [4.78, 5) is 18.5. The Morgan fingerprint density at radius 3 is 3.00 bits per heavy atom. The van der Waals surface area contributed by atoms with E-state index in [0.717, 1.165) is 11.6 Å². The highest BCUT2D eigenvalue weighted by Gasteiger charge is 2.17. The summed E-state index contributed by atoms with van der Waals surface area (Å²) in [5.41, 5.74) is 8.12. The Morgan fingerprint density at radius 1 is 1.29 bits per heavy atom. The highest BCUT2D eigenvalue weighted by molar-refractivity contribution is 5.88. The third-order valence-corrected chi connectivity index (χ3v) is 4.43. The van der Waals surface area contributed by atoms with Crippen molar-refractivity contribution in [2.75, 3.05) is 11.1 Å². The normalized spacial score (nSPS) is 22.9. The van der Waals surface area contributed by atoms with E-state index < -0.39 is 0 Å². The first-order valence-electron chi connectivity index (χ1n) is 7.67. The first-order chi connectivity index (χ1) is 10.1. The van der Waals surface area contributed by atoms with Gasteiger partial charge in [-0.2, -0.15) is 0 Å². The lowest BCUT2D eigenvalue weighted by Crippen LogP contribution is -2.19. The maximum Gasteiger partial charge on any atom is 0.258 e. The molecule has 1 aromatic heterocycles. The van der Waals surface area contributed by atoms with E-state index in [1.807, 2.05) is 6.07 Å². The molecule has 0 spiro atoms. The summed E-state index contributed by atoms with van der Waals surface area (Å²) in [5.74, 6) is 0.811. The van der Waals surface area contributed by atoms with Gasteiger partial charge in [-0.15, -0.1) is 0 Å². The van der Waals surface area contributed by atoms with Gasteiger partial charge >= 0.3 is 0 Å². The van der Waals surface area contributed by atoms with Gasteiger partial charge < -0.3 is 16.0 Å². The average molecular weight is 286 g/mol. The minimum absolute atomic E-state index is 0.151. The number of aromatic nitrogens is 2. The van der Waals surface area contributed by atoms with Gasteiger partial charge in [0.25, 0.3) is 5.56 Å². The molecule has 1 aliphatic carbocycles. The van der Waals surface area contributed by atoms with Crippen LogP contribution in [0.1, 0.15) is 39.0 Å². The molecular weight excluding hydrogens is 264 g/mol. The van der Waals surface area contributed by atoms with E-state index in [4.69, 9.17) is 5.73 Å². The smallest absolute Gasteiger partial charge is 0.258 e. The third-order valence-electron chi connectivity index (χ3n) is 4.43. The lowest BCUT2D eigenvalue weighted by molar-refractivity contribution is 0.502. The molecule has 1 fully saturated rings. The van der Waals surface area contributed by atoms with Crippen molar-refractivity contribution in [2.45, 2.75) is 45.1 Å². The van der Waals surface area contributed by atoms with Gasteiger partial charge in [0, 0.05) is 6.04 Å². The highest BCUT2D eigenvalue weighted by Crippen LogP contribution is 2.28. The Labute approximate surface area is 124 Å². The lowest BCUT2D eigenvalue weighted by atomic mass is 10.0. The summed E-state index contributed by atoms with van der Waals surface area (Å²) in [6.45, 7) is 2.32. The van der Waals surface area contributed by atoms with Crippen molar-refractivity contribution < 1.29 is 0 Å². The van der Waals surface area contributed by atoms with Gasteiger partial charge in [-0.25, -0.2) is 4.98 Å². The first kappa shape index (κ1) is 13.9. The van der Waals surface area contributed by atoms with E-state index >= 15 is 0 Å². The molecule has 1 heterocycles. The van der Waals surface area contributed by atoms with Crippen LogP contribution in [0.25, 0.3) is 10.9 Å². The zero-order chi connectivity index (χ0) is 14.8. The second-order valence-electron chi connectivity index (χ2n) is 6.14. The fourth-order valence-corrected chi connectivity index (χ4v) is 3.11. The SMILES string of the molecule is CC1CCCC(Nc2cc3nc[nH]c(=O)c3cc2N)CC1. The molecule has 0 bridgehead atoms. The molecule has 0 amide bonds. The van der Waals surface area contributed by atoms with Crippen molar-refractivity contribution in [1.29, 1.82) is 0 Å². The summed E-state index contributed by atoms with van der Waals surface area (Å²) >= 11 is 0. The molecule has 112 valence electrons. The van der Waals surface area contributed by atoms with Crippen molar-refractivity contribution in [3.05, 3.63) is 28.8 Å². The number of fused-ring (bicyclic) bond motifs is 1. The molecule has 2 unspecified atom stereocenters. The number of rotatable bonds is 2. The first-order valence-corrected chi connectivity index (χ1v) is 7.67. The second-order valence-corrected chi connectivity index (χ2v) is 6.14. The van der Waals surface area contributed by atoms with Crippen molar-refractivity contribution in [1.82, 2.24) is 9.97 Å². The number of H-pyrrole nitrogens is 1. The summed E-state index contributed by atoms with van der Waals surface area (Å²) in [7, 11) is 0. The van der Waals surface area contributed by atoms with Crippen molar-refractivity contribution in [3.63, 3.8) is 0 Å². The molecule has 21 heavy (non-hydrogen) atoms. The number of benzene rings is 1. The number of aromatic amines is 1. The predicted molar refractivity (Wildman–Crippen MR) is 86.4 cm³/mol. The topological polar surface area (TPSA) is 83.8 Å². The minimum Gasteiger partial charge on any atom is -0.397 e. The van der Waals surface area contributed by atoms with Gasteiger partial charge in [0.05, 0.1) is 28.6 Å². The molecule has 1 aliphatic rings. The van der Waals surface area contributed by atoms with Crippen LogP contribution >= 0.6 is 0 Å². The molecule has 5 heteroatoms. The predicted octanol–water partition coefficient (Wildman–Crippen LogP) is 2.89. The zero-order valence-corrected chi connectivity index (χ0v) is 12.4. The van der Waals surface area contributed by atoms with E-state index in [0.29, 0.717) is 22.6 Å². The van der Waals surface area contributed by atoms with Gasteiger partial charge in [-0.05, 0) is 37.3 Å². The zero-order valence-electron chi connectivity index (χ0n) is 12.4. The number of anilines is 2. The monoisotopic (exact) mass is 286 g/mol. The summed E-state index contributed by atoms with van der Waals surface area (Å²) in [6.07, 6.45) is 7.58. The van der Waals surface area contributed by atoms with Crippen molar-refractivity contribution in [3.8, 4) is 0 Å². The quantitative estimate of drug-likeness (QED) is 0.585. The van der Waals surface area contributed by atoms with Crippen LogP contribution in [0, 0.1) is 5.92 Å². The largest absolute Gasteiger partial charge is 0.397 e. The maximum absolute atomic E-state index is 11.7. The number of hydrogen-bond donors (Lipinski definition) is 3. The van der Waals surface area contributed by atoms with Gasteiger partial charge in [0.1, 0.15) is 0 Å². The third kappa shape index (κ3) is 3.01. The summed E-state index contributed by atoms with van der Waals surface area (Å²) < 4.78 is 0. The molecule has 0 aliphatic heterocycles. The number of nitrogens with zero attached hydrogens (tertiary/aromatic N) is 1. The molecule has 5 nitrogen and oxygen atoms in total. The standard InChI is InChI=1S/C16H22N4O/c1-10-3-2-4-11(6-5-10)20-15-8-14-12(7-13(15)17)16(21)19-9-18-14/h7-11,20H,2-6,17H2,1H3,(H,18,19,21). The molecule has 2 atom stereocenters. The van der Waals surface area contributed by atoms with Crippen LogP contribution in [0.2, 0.25) is 0 Å². The van der Waals surface area contributed by atoms with Gasteiger partial charge in [-0.1, -0.05) is 19.8 Å². The molecule has 0 saturated heterocycles. The Morgan fingerprint density at radius 2 is 2.14 bits per heavy atom. The lowest BCUT2D eigenvalue weighted by Gasteiger charge is -2.19. The van der Waals surface area contributed by atoms with Gasteiger partial charge in [-0.3, -0.25) is 4.79 Å². The van der Waals surface area contributed by atoms with Crippen LogP contribution in [0.3, 0.4) is 0 Å². The van der Waals surface area contributed by atoms with Crippen LogP contribution < -0.4 is 16.6 Å². The fraction of sp³-hybridized carbons (Fsp3) is 0.500. The Bertz CT molecular complexity index is 694. The number of nitrogens with one attached hydrogen (secondary N) is 2. The average Bonchev–Trinajstić information content (AvgIpc) is 2.66. The molecule has 0 radical (unpaired) electrons. The number of nitrogen functional groups attached to an aromatic ring is 1. The minimum atomic E-state index is -0.151. The van der Waals surface area contributed by atoms with Gasteiger partial charge in [0.15, 0.2) is 0 Å². The van der Waals surface area contributed by atoms with Crippen LogP contribution in [-0.2, 0) is 0 Å². The number of nitrogens with two attached hydrogens (primary N) is 1. The van der Waals surface area contributed by atoms with Crippen molar-refractivity contribution >= 4 is 22.3 Å². The van der Waals surface area contributed by atoms with Crippen LogP contribution in [-0.4, -0.2) is 16.0 Å². The van der Waals surface area contributed by atoms with Crippen LogP contribution in [0.15, 0.2) is 23.3 Å². The Kier molecular flexibility index (Phi) is 3.82. The summed E-state index contributed by atoms with van der Waals surface area (Å²) in [6, 6.07) is 4.05. The van der Waals surface area contributed by atoms with Gasteiger partial charge in [0.2, 0.25) is 0 Å². The highest BCUT2D eigenvalue weighted by atomic mass is 16.1. The Balaban J connectivity index is 1.86. The van der Waals surface area contributed by atoms with Crippen molar-refractivity contribution in [2.24, 2.45) is 5.92 Å². The van der Waals surface area contributed by atoms with E-state index in [1.165, 1.54) is 38.4 Å². The van der Waals surface area contributed by atoms with E-state index in [1.54, 1.807) is 6.07 Å². The summed E-state index contributed by atoms with van der Waals surface area (Å²) in [5, 5.41) is 4.08. The maximum atomic E-state index is 11.7. The molecule has 2 aromatic rings. The van der Waals surface area contributed by atoms with E-state index in [-0.39, 0.29) is 5.56 Å². The molecule has 1 aromatic carbocycles. The Hall–Kier alpha value is -2.04. The van der Waals surface area contributed by atoms with E-state index in [9.17, 15) is 4.79 Å². The van der Waals surface area contributed by atoms with Crippen LogP contribution in [0.5, 0.6) is 0 Å². The molecular formula is C16H22N4O. The molecule has 4 N–H and O–H groups in total. The van der Waals surface area contributed by atoms with E-state index in [2.05, 4.69) is 22.2 Å². The number of hydrogen-bond acceptors (Lipinski definition) is 4. The van der Waals surface area contributed by atoms with Crippen LogP contribution in [0.4, 0.5) is 11.4 Å². The second kappa shape index (κ2) is 5.76. The fourth-order valence-electron chi connectivity index (χ4n) is 3.11. The molecule has 1 saturated carbocycles. The molecule has 3 rings (SSSR count).